The number of benzene rings is 2. The van der Waals surface area contributed by atoms with Crippen LogP contribution >= 0.6 is 0 Å². The first kappa shape index (κ1) is 10.6. The summed E-state index contributed by atoms with van der Waals surface area (Å²) >= 11 is 0. The Kier molecular flexibility index (Phi) is 2.19. The quantitative estimate of drug-likeness (QED) is 0.640. The van der Waals surface area contributed by atoms with E-state index >= 15 is 0 Å². The van der Waals surface area contributed by atoms with E-state index in [1.165, 1.54) is 23.0 Å². The Morgan fingerprint density at radius 2 is 1.72 bits per heavy atom. The van der Waals surface area contributed by atoms with Crippen LogP contribution in [0.2, 0.25) is 0 Å². The molecule has 0 spiro atoms. The molecule has 0 aliphatic rings. The molecule has 3 aromatic rings. The number of nitrogens with zero attached hydrogens (tertiary/aromatic N) is 3. The van der Waals surface area contributed by atoms with Gasteiger partial charge in [-0.25, -0.2) is 0 Å². The Labute approximate surface area is 103 Å². The average molecular weight is 241 g/mol. The van der Waals surface area contributed by atoms with Gasteiger partial charge in [0.2, 0.25) is 0 Å². The van der Waals surface area contributed by atoms with E-state index in [9.17, 15) is 10.2 Å². The lowest BCUT2D eigenvalue weighted by Gasteiger charge is -2.02. The van der Waals surface area contributed by atoms with Gasteiger partial charge in [0.1, 0.15) is 28.2 Å². The van der Waals surface area contributed by atoms with Gasteiger partial charge in [0, 0.05) is 6.07 Å². The van der Waals surface area contributed by atoms with E-state index in [-0.39, 0.29) is 11.5 Å². The molecule has 2 aromatic carbocycles. The summed E-state index contributed by atoms with van der Waals surface area (Å²) < 4.78 is 0. The molecule has 0 saturated heterocycles. The van der Waals surface area contributed by atoms with Gasteiger partial charge in [0.25, 0.3) is 0 Å². The van der Waals surface area contributed by atoms with Crippen LogP contribution in [0.1, 0.15) is 5.56 Å². The van der Waals surface area contributed by atoms with Gasteiger partial charge in [-0.05, 0) is 36.8 Å². The molecule has 5 heteroatoms. The minimum atomic E-state index is 0.0184. The SMILES string of the molecule is Cc1ccc2nn(-c3cc(O)ccc3O)nc2c1. The van der Waals surface area contributed by atoms with Crippen LogP contribution in [0.3, 0.4) is 0 Å². The highest BCUT2D eigenvalue weighted by atomic mass is 16.3. The number of aryl methyl sites for hydroxylation is 1. The zero-order valence-corrected chi connectivity index (χ0v) is 9.70. The van der Waals surface area contributed by atoms with Crippen molar-refractivity contribution >= 4 is 11.0 Å². The molecule has 0 radical (unpaired) electrons. The predicted octanol–water partition coefficient (Wildman–Crippen LogP) is 2.14. The van der Waals surface area contributed by atoms with Crippen molar-refractivity contribution in [1.29, 1.82) is 0 Å². The lowest BCUT2D eigenvalue weighted by molar-refractivity contribution is 0.454. The van der Waals surface area contributed by atoms with Gasteiger partial charge in [-0.3, -0.25) is 0 Å². The van der Waals surface area contributed by atoms with Gasteiger partial charge in [0.05, 0.1) is 0 Å². The number of rotatable bonds is 1. The molecular formula is C13H11N3O2. The highest BCUT2D eigenvalue weighted by Gasteiger charge is 2.09. The van der Waals surface area contributed by atoms with Gasteiger partial charge in [-0.1, -0.05) is 6.07 Å². The molecule has 0 unspecified atom stereocenters. The standard InChI is InChI=1S/C13H11N3O2/c1-8-2-4-10-11(6-8)15-16(14-10)12-7-9(17)3-5-13(12)18/h2-7,17-18H,1H3. The molecule has 0 aliphatic carbocycles. The molecule has 1 heterocycles. The Hall–Kier alpha value is -2.56. The Balaban J connectivity index is 2.22. The molecule has 0 aliphatic heterocycles. The van der Waals surface area contributed by atoms with Gasteiger partial charge in [0.15, 0.2) is 0 Å². The van der Waals surface area contributed by atoms with Crippen LogP contribution in [0.4, 0.5) is 0 Å². The zero-order valence-electron chi connectivity index (χ0n) is 9.70. The molecule has 2 N–H and O–H groups in total. The number of hydrogen-bond acceptors (Lipinski definition) is 4. The van der Waals surface area contributed by atoms with Crippen LogP contribution < -0.4 is 0 Å². The first-order valence-corrected chi connectivity index (χ1v) is 5.49. The summed E-state index contributed by atoms with van der Waals surface area (Å²) in [6, 6.07) is 9.97. The Bertz CT molecular complexity index is 734. The smallest absolute Gasteiger partial charge is 0.143 e. The fourth-order valence-electron chi connectivity index (χ4n) is 1.80. The number of phenolic OH excluding ortho intramolecular Hbond substituents is 2. The third-order valence-corrected chi connectivity index (χ3v) is 2.71. The first-order valence-electron chi connectivity index (χ1n) is 5.49. The fraction of sp³-hybridized carbons (Fsp3) is 0.0769. The largest absolute Gasteiger partial charge is 0.508 e. The van der Waals surface area contributed by atoms with Crippen molar-refractivity contribution < 1.29 is 10.2 Å². The van der Waals surface area contributed by atoms with Gasteiger partial charge >= 0.3 is 0 Å². The van der Waals surface area contributed by atoms with Crippen LogP contribution in [0.15, 0.2) is 36.4 Å². The van der Waals surface area contributed by atoms with Crippen LogP contribution in [-0.2, 0) is 0 Å². The summed E-state index contributed by atoms with van der Waals surface area (Å²) in [7, 11) is 0. The average Bonchev–Trinajstić information content (AvgIpc) is 2.74. The molecule has 0 saturated carbocycles. The van der Waals surface area contributed by atoms with E-state index in [0.717, 1.165) is 16.6 Å². The third-order valence-electron chi connectivity index (χ3n) is 2.71. The molecule has 5 nitrogen and oxygen atoms in total. The number of aromatic hydroxyl groups is 2. The summed E-state index contributed by atoms with van der Waals surface area (Å²) in [6.07, 6.45) is 0. The van der Waals surface area contributed by atoms with Crippen molar-refractivity contribution in [3.8, 4) is 17.2 Å². The topological polar surface area (TPSA) is 71.2 Å². The predicted molar refractivity (Wildman–Crippen MR) is 66.9 cm³/mol. The number of fused-ring (bicyclic) bond motifs is 1. The van der Waals surface area contributed by atoms with E-state index in [4.69, 9.17) is 0 Å². The highest BCUT2D eigenvalue weighted by Crippen LogP contribution is 2.25. The first-order chi connectivity index (χ1) is 8.63. The van der Waals surface area contributed by atoms with Crippen molar-refractivity contribution in [2.45, 2.75) is 6.92 Å². The lowest BCUT2D eigenvalue weighted by Crippen LogP contribution is -1.98. The minimum absolute atomic E-state index is 0.0184. The summed E-state index contributed by atoms with van der Waals surface area (Å²) in [5.41, 5.74) is 2.93. The van der Waals surface area contributed by atoms with Crippen molar-refractivity contribution in [2.24, 2.45) is 0 Å². The molecule has 3 rings (SSSR count). The van der Waals surface area contributed by atoms with Gasteiger partial charge < -0.3 is 10.2 Å². The van der Waals surface area contributed by atoms with E-state index < -0.39 is 0 Å². The second kappa shape index (κ2) is 3.73. The molecule has 90 valence electrons. The molecule has 1 aromatic heterocycles. The molecule has 18 heavy (non-hydrogen) atoms. The van der Waals surface area contributed by atoms with Crippen LogP contribution in [0.5, 0.6) is 11.5 Å². The van der Waals surface area contributed by atoms with Crippen molar-refractivity contribution in [2.75, 3.05) is 0 Å². The van der Waals surface area contributed by atoms with E-state index in [0.29, 0.717) is 5.69 Å². The summed E-state index contributed by atoms with van der Waals surface area (Å²) in [6.45, 7) is 1.98. The molecular weight excluding hydrogens is 230 g/mol. The van der Waals surface area contributed by atoms with E-state index in [2.05, 4.69) is 10.2 Å². The van der Waals surface area contributed by atoms with Gasteiger partial charge in [-0.2, -0.15) is 0 Å². The van der Waals surface area contributed by atoms with Crippen molar-refractivity contribution in [3.05, 3.63) is 42.0 Å². The molecule has 0 fully saturated rings. The molecule has 0 bridgehead atoms. The van der Waals surface area contributed by atoms with E-state index in [1.54, 1.807) is 0 Å². The molecule has 0 amide bonds. The monoisotopic (exact) mass is 241 g/mol. The maximum atomic E-state index is 9.76. The van der Waals surface area contributed by atoms with Crippen LogP contribution in [0.25, 0.3) is 16.7 Å². The summed E-state index contributed by atoms with van der Waals surface area (Å²) in [5.74, 6) is 0.0742. The third kappa shape index (κ3) is 1.66. The highest BCUT2D eigenvalue weighted by molar-refractivity contribution is 5.74. The number of hydrogen-bond donors (Lipinski definition) is 2. The van der Waals surface area contributed by atoms with E-state index in [1.807, 2.05) is 25.1 Å². The summed E-state index contributed by atoms with van der Waals surface area (Å²) in [5, 5.41) is 27.7. The minimum Gasteiger partial charge on any atom is -0.508 e. The Morgan fingerprint density at radius 3 is 2.56 bits per heavy atom. The van der Waals surface area contributed by atoms with Gasteiger partial charge in [-0.15, -0.1) is 15.0 Å². The van der Waals surface area contributed by atoms with Crippen molar-refractivity contribution in [1.82, 2.24) is 15.0 Å². The number of phenols is 2. The molecule has 0 atom stereocenters. The maximum Gasteiger partial charge on any atom is 0.143 e. The second-order valence-corrected chi connectivity index (χ2v) is 4.15. The van der Waals surface area contributed by atoms with Crippen molar-refractivity contribution in [3.63, 3.8) is 0 Å². The Morgan fingerprint density at radius 1 is 0.944 bits per heavy atom. The second-order valence-electron chi connectivity index (χ2n) is 4.15. The number of aromatic nitrogens is 3. The normalized spacial score (nSPS) is 10.9. The van der Waals surface area contributed by atoms with Crippen LogP contribution in [0, 0.1) is 6.92 Å². The maximum absolute atomic E-state index is 9.76. The summed E-state index contributed by atoms with van der Waals surface area (Å²) in [4.78, 5) is 1.32. The lowest BCUT2D eigenvalue weighted by atomic mass is 10.2. The zero-order chi connectivity index (χ0) is 12.7. The fourth-order valence-corrected chi connectivity index (χ4v) is 1.80. The van der Waals surface area contributed by atoms with Crippen LogP contribution in [-0.4, -0.2) is 25.2 Å².